The number of hydrogen-bond acceptors (Lipinski definition) is 5. The van der Waals surface area contributed by atoms with Crippen molar-refractivity contribution in [2.24, 2.45) is 5.73 Å². The van der Waals surface area contributed by atoms with Gasteiger partial charge in [-0.15, -0.1) is 0 Å². The van der Waals surface area contributed by atoms with Gasteiger partial charge >= 0.3 is 6.09 Å². The molecule has 0 saturated carbocycles. The molecule has 1 aromatic heterocycles. The molecule has 0 radical (unpaired) electrons. The molecule has 10 heteroatoms. The van der Waals surface area contributed by atoms with E-state index in [2.05, 4.69) is 14.7 Å². The van der Waals surface area contributed by atoms with Gasteiger partial charge in [0, 0.05) is 23.2 Å². The average Bonchev–Trinajstić information content (AvgIpc) is 3.16. The van der Waals surface area contributed by atoms with Crippen LogP contribution in [-0.4, -0.2) is 24.5 Å². The van der Waals surface area contributed by atoms with E-state index in [1.54, 1.807) is 54.6 Å². The molecule has 0 atom stereocenters. The van der Waals surface area contributed by atoms with Crippen molar-refractivity contribution < 1.29 is 17.9 Å². The lowest BCUT2D eigenvalue weighted by Gasteiger charge is -2.07. The van der Waals surface area contributed by atoms with Crippen LogP contribution in [0.2, 0.25) is 5.02 Å². The van der Waals surface area contributed by atoms with Gasteiger partial charge in [-0.25, -0.2) is 22.9 Å². The Morgan fingerprint density at radius 2 is 1.77 bits per heavy atom. The lowest BCUT2D eigenvalue weighted by atomic mass is 10.2. The van der Waals surface area contributed by atoms with E-state index < -0.39 is 16.1 Å². The first-order chi connectivity index (χ1) is 14.8. The van der Waals surface area contributed by atoms with Gasteiger partial charge in [0.1, 0.15) is 11.6 Å². The summed E-state index contributed by atoms with van der Waals surface area (Å²) >= 11 is 5.85. The monoisotopic (exact) mass is 456 g/mol. The number of carbonyl (C=O) groups excluding carboxylic acids is 1. The number of benzene rings is 3. The number of sulfonamides is 1. The Bertz CT molecular complexity index is 1350. The number of aromatic amines is 1. The van der Waals surface area contributed by atoms with Crippen LogP contribution in [0.15, 0.2) is 71.6 Å². The normalized spacial score (nSPS) is 11.5. The summed E-state index contributed by atoms with van der Waals surface area (Å²) in [6, 6.07) is 18.2. The molecule has 0 aliphatic rings. The zero-order valence-corrected chi connectivity index (χ0v) is 17.6. The van der Waals surface area contributed by atoms with Crippen LogP contribution in [0, 0.1) is 0 Å². The molecule has 31 heavy (non-hydrogen) atoms. The number of H-pyrrole nitrogens is 1. The molecule has 0 saturated heterocycles. The number of rotatable bonds is 6. The standard InChI is InChI=1S/C21H17ClN4O4S/c22-15-5-1-13(2-6-15)12-24-31(28,29)17-8-3-14(4-9-17)20-25-18-10-7-16(30-21(23)27)11-19(18)26-20/h1-11,24H,12H2,(H2,23,27)(H,25,26). The molecule has 158 valence electrons. The van der Waals surface area contributed by atoms with E-state index in [1.807, 2.05) is 0 Å². The van der Waals surface area contributed by atoms with E-state index in [9.17, 15) is 13.2 Å². The summed E-state index contributed by atoms with van der Waals surface area (Å²) in [5.74, 6) is 0.829. The second kappa shape index (κ2) is 8.38. The Hall–Kier alpha value is -3.40. The number of amides is 1. The second-order valence-electron chi connectivity index (χ2n) is 6.66. The first kappa shape index (κ1) is 20.9. The third kappa shape index (κ3) is 4.85. The molecule has 3 aromatic carbocycles. The third-order valence-electron chi connectivity index (χ3n) is 4.49. The number of imidazole rings is 1. The number of nitrogens with one attached hydrogen (secondary N) is 2. The first-order valence-electron chi connectivity index (χ1n) is 9.12. The Kier molecular flexibility index (Phi) is 5.64. The zero-order chi connectivity index (χ0) is 22.0. The van der Waals surface area contributed by atoms with Crippen LogP contribution >= 0.6 is 11.6 Å². The summed E-state index contributed by atoms with van der Waals surface area (Å²) in [5.41, 5.74) is 7.83. The van der Waals surface area contributed by atoms with Gasteiger partial charge in [0.05, 0.1) is 15.9 Å². The summed E-state index contributed by atoms with van der Waals surface area (Å²) in [6.07, 6.45) is -0.906. The molecule has 4 aromatic rings. The lowest BCUT2D eigenvalue weighted by Crippen LogP contribution is -2.23. The lowest BCUT2D eigenvalue weighted by molar-refractivity contribution is 0.211. The molecule has 0 aliphatic carbocycles. The molecule has 8 nitrogen and oxygen atoms in total. The quantitative estimate of drug-likeness (QED) is 0.406. The van der Waals surface area contributed by atoms with E-state index in [0.717, 1.165) is 11.1 Å². The molecule has 4 rings (SSSR count). The second-order valence-corrected chi connectivity index (χ2v) is 8.86. The number of aromatic nitrogens is 2. The summed E-state index contributed by atoms with van der Waals surface area (Å²) in [7, 11) is -3.68. The van der Waals surface area contributed by atoms with Gasteiger partial charge in [-0.3, -0.25) is 0 Å². The zero-order valence-electron chi connectivity index (χ0n) is 16.0. The van der Waals surface area contributed by atoms with Crippen LogP contribution in [0.5, 0.6) is 5.75 Å². The summed E-state index contributed by atoms with van der Waals surface area (Å²) in [5, 5.41) is 0.587. The predicted molar refractivity (Wildman–Crippen MR) is 117 cm³/mol. The van der Waals surface area contributed by atoms with Crippen LogP contribution in [0.4, 0.5) is 4.79 Å². The van der Waals surface area contributed by atoms with Crippen molar-refractivity contribution in [1.82, 2.24) is 14.7 Å². The van der Waals surface area contributed by atoms with Gasteiger partial charge in [-0.05, 0) is 54.1 Å². The number of halogens is 1. The van der Waals surface area contributed by atoms with Crippen molar-refractivity contribution in [3.63, 3.8) is 0 Å². The van der Waals surface area contributed by atoms with Crippen LogP contribution in [0.3, 0.4) is 0 Å². The van der Waals surface area contributed by atoms with Gasteiger partial charge in [-0.2, -0.15) is 0 Å². The number of carbonyl (C=O) groups is 1. The van der Waals surface area contributed by atoms with Crippen molar-refractivity contribution in [3.05, 3.63) is 77.3 Å². The van der Waals surface area contributed by atoms with Gasteiger partial charge in [0.15, 0.2) is 0 Å². The van der Waals surface area contributed by atoms with Crippen molar-refractivity contribution in [1.29, 1.82) is 0 Å². The fourth-order valence-corrected chi connectivity index (χ4v) is 4.10. The van der Waals surface area contributed by atoms with Crippen LogP contribution in [0.1, 0.15) is 5.56 Å². The topological polar surface area (TPSA) is 127 Å². The van der Waals surface area contributed by atoms with E-state index in [0.29, 0.717) is 21.9 Å². The molecule has 0 fully saturated rings. The fourth-order valence-electron chi connectivity index (χ4n) is 2.96. The number of fused-ring (bicyclic) bond motifs is 1. The van der Waals surface area contributed by atoms with Crippen molar-refractivity contribution in [2.75, 3.05) is 0 Å². The highest BCUT2D eigenvalue weighted by Crippen LogP contribution is 2.25. The molecule has 4 N–H and O–H groups in total. The highest BCUT2D eigenvalue weighted by molar-refractivity contribution is 7.89. The maximum atomic E-state index is 12.6. The Morgan fingerprint density at radius 3 is 2.45 bits per heavy atom. The predicted octanol–water partition coefficient (Wildman–Crippen LogP) is 3.82. The highest BCUT2D eigenvalue weighted by Gasteiger charge is 2.15. The maximum absolute atomic E-state index is 12.6. The number of nitrogens with two attached hydrogens (primary N) is 1. The van der Waals surface area contributed by atoms with Crippen molar-refractivity contribution in [2.45, 2.75) is 11.4 Å². The molecule has 0 unspecified atom stereocenters. The van der Waals surface area contributed by atoms with Gasteiger partial charge in [-0.1, -0.05) is 23.7 Å². The van der Waals surface area contributed by atoms with Crippen molar-refractivity contribution in [3.8, 4) is 17.1 Å². The maximum Gasteiger partial charge on any atom is 0.409 e. The SMILES string of the molecule is NC(=O)Oc1ccc2[nH]c(-c3ccc(S(=O)(=O)NCc4ccc(Cl)cc4)cc3)nc2c1. The molecule has 1 amide bonds. The Labute approximate surface area is 183 Å². The minimum atomic E-state index is -3.68. The van der Waals surface area contributed by atoms with E-state index in [1.165, 1.54) is 12.1 Å². The van der Waals surface area contributed by atoms with E-state index in [-0.39, 0.29) is 17.2 Å². The number of primary amides is 1. The summed E-state index contributed by atoms with van der Waals surface area (Å²) < 4.78 is 32.6. The molecule has 1 heterocycles. The van der Waals surface area contributed by atoms with Crippen LogP contribution in [0.25, 0.3) is 22.4 Å². The molecular formula is C21H17ClN4O4S. The van der Waals surface area contributed by atoms with E-state index in [4.69, 9.17) is 22.1 Å². The van der Waals surface area contributed by atoms with Crippen LogP contribution in [-0.2, 0) is 16.6 Å². The molecular weight excluding hydrogens is 440 g/mol. The minimum absolute atomic E-state index is 0.137. The smallest absolute Gasteiger partial charge is 0.409 e. The van der Waals surface area contributed by atoms with Crippen LogP contribution < -0.4 is 15.2 Å². The average molecular weight is 457 g/mol. The van der Waals surface area contributed by atoms with Gasteiger partial charge in [0.2, 0.25) is 10.0 Å². The third-order valence-corrected chi connectivity index (χ3v) is 6.16. The van der Waals surface area contributed by atoms with E-state index >= 15 is 0 Å². The van der Waals surface area contributed by atoms with Crippen molar-refractivity contribution >= 4 is 38.8 Å². The molecule has 0 bridgehead atoms. The Morgan fingerprint density at radius 1 is 1.06 bits per heavy atom. The number of ether oxygens (including phenoxy) is 1. The first-order valence-corrected chi connectivity index (χ1v) is 11.0. The largest absolute Gasteiger partial charge is 0.410 e. The fraction of sp³-hybridized carbons (Fsp3) is 0.0476. The summed E-state index contributed by atoms with van der Waals surface area (Å²) in [4.78, 5) is 18.6. The highest BCUT2D eigenvalue weighted by atomic mass is 35.5. The Balaban J connectivity index is 1.51. The minimum Gasteiger partial charge on any atom is -0.410 e. The number of hydrogen-bond donors (Lipinski definition) is 3. The number of nitrogens with zero attached hydrogens (tertiary/aromatic N) is 1. The molecule has 0 spiro atoms. The molecule has 0 aliphatic heterocycles. The van der Waals surface area contributed by atoms with Gasteiger partial charge in [0.25, 0.3) is 0 Å². The van der Waals surface area contributed by atoms with Gasteiger partial charge < -0.3 is 15.5 Å². The summed E-state index contributed by atoms with van der Waals surface area (Å²) in [6.45, 7) is 0.153.